The van der Waals surface area contributed by atoms with E-state index >= 15 is 0 Å². The van der Waals surface area contributed by atoms with Crippen LogP contribution in [-0.4, -0.2) is 17.1 Å². The van der Waals surface area contributed by atoms with Crippen LogP contribution in [0.5, 0.6) is 5.75 Å². The van der Waals surface area contributed by atoms with Gasteiger partial charge in [0.2, 0.25) is 0 Å². The Kier molecular flexibility index (Phi) is 3.95. The van der Waals surface area contributed by atoms with Gasteiger partial charge in [-0.25, -0.2) is 4.98 Å². The van der Waals surface area contributed by atoms with Gasteiger partial charge in [0.1, 0.15) is 5.75 Å². The van der Waals surface area contributed by atoms with Gasteiger partial charge < -0.3 is 4.74 Å². The first kappa shape index (κ1) is 13.3. The standard InChI is InChI=1S/C16H18N2O/c1-11-12(2)18-16(13(3)17-11)10-7-14-5-8-15(19-4)9-6-14/h5-10H,1-4H3/b10-7+. The van der Waals surface area contributed by atoms with Crippen LogP contribution in [-0.2, 0) is 0 Å². The van der Waals surface area contributed by atoms with Crippen molar-refractivity contribution < 1.29 is 4.74 Å². The van der Waals surface area contributed by atoms with Gasteiger partial charge in [-0.3, -0.25) is 4.98 Å². The third-order valence-electron chi connectivity index (χ3n) is 3.07. The summed E-state index contributed by atoms with van der Waals surface area (Å²) >= 11 is 0. The molecule has 0 fully saturated rings. The number of aromatic nitrogens is 2. The molecular weight excluding hydrogens is 236 g/mol. The maximum absolute atomic E-state index is 5.13. The molecule has 0 radical (unpaired) electrons. The molecule has 2 aromatic rings. The van der Waals surface area contributed by atoms with Crippen LogP contribution in [0.3, 0.4) is 0 Å². The first-order valence-electron chi connectivity index (χ1n) is 6.24. The molecule has 0 unspecified atom stereocenters. The summed E-state index contributed by atoms with van der Waals surface area (Å²) in [6, 6.07) is 7.91. The van der Waals surface area contributed by atoms with E-state index in [9.17, 15) is 0 Å². The molecule has 19 heavy (non-hydrogen) atoms. The first-order valence-corrected chi connectivity index (χ1v) is 6.24. The zero-order valence-corrected chi connectivity index (χ0v) is 11.8. The fourth-order valence-electron chi connectivity index (χ4n) is 1.78. The molecule has 0 bridgehead atoms. The van der Waals surface area contributed by atoms with Gasteiger partial charge in [-0.1, -0.05) is 18.2 Å². The molecule has 0 N–H and O–H groups in total. The Morgan fingerprint density at radius 1 is 0.842 bits per heavy atom. The minimum Gasteiger partial charge on any atom is -0.497 e. The highest BCUT2D eigenvalue weighted by Gasteiger charge is 2.02. The lowest BCUT2D eigenvalue weighted by molar-refractivity contribution is 0.415. The van der Waals surface area contributed by atoms with Gasteiger partial charge in [-0.05, 0) is 44.5 Å². The number of aryl methyl sites for hydroxylation is 3. The van der Waals surface area contributed by atoms with Crippen molar-refractivity contribution in [2.45, 2.75) is 20.8 Å². The number of methoxy groups -OCH3 is 1. The van der Waals surface area contributed by atoms with Gasteiger partial charge in [-0.2, -0.15) is 0 Å². The van der Waals surface area contributed by atoms with Crippen LogP contribution in [0.25, 0.3) is 12.2 Å². The second-order valence-electron chi connectivity index (χ2n) is 4.47. The summed E-state index contributed by atoms with van der Waals surface area (Å²) in [6.45, 7) is 5.94. The summed E-state index contributed by atoms with van der Waals surface area (Å²) in [5.41, 5.74) is 4.94. The molecule has 2 rings (SSSR count). The van der Waals surface area contributed by atoms with Gasteiger partial charge in [0.05, 0.1) is 29.9 Å². The lowest BCUT2D eigenvalue weighted by atomic mass is 10.1. The predicted molar refractivity (Wildman–Crippen MR) is 78.2 cm³/mol. The quantitative estimate of drug-likeness (QED) is 0.839. The van der Waals surface area contributed by atoms with E-state index in [2.05, 4.69) is 9.97 Å². The second-order valence-corrected chi connectivity index (χ2v) is 4.47. The van der Waals surface area contributed by atoms with Gasteiger partial charge >= 0.3 is 0 Å². The molecule has 0 aliphatic rings. The average molecular weight is 254 g/mol. The van der Waals surface area contributed by atoms with Crippen LogP contribution in [0.15, 0.2) is 24.3 Å². The zero-order valence-electron chi connectivity index (χ0n) is 11.8. The summed E-state index contributed by atoms with van der Waals surface area (Å²) in [7, 11) is 1.67. The molecule has 0 spiro atoms. The van der Waals surface area contributed by atoms with E-state index in [0.717, 1.165) is 34.1 Å². The lowest BCUT2D eigenvalue weighted by Crippen LogP contribution is -1.98. The van der Waals surface area contributed by atoms with Crippen molar-refractivity contribution in [2.24, 2.45) is 0 Å². The van der Waals surface area contributed by atoms with E-state index in [-0.39, 0.29) is 0 Å². The Hall–Kier alpha value is -2.16. The second kappa shape index (κ2) is 5.65. The molecule has 3 heteroatoms. The largest absolute Gasteiger partial charge is 0.497 e. The average Bonchev–Trinajstić information content (AvgIpc) is 2.42. The molecule has 0 atom stereocenters. The highest BCUT2D eigenvalue weighted by atomic mass is 16.5. The maximum atomic E-state index is 5.13. The van der Waals surface area contributed by atoms with Crippen molar-refractivity contribution in [3.8, 4) is 5.75 Å². The van der Waals surface area contributed by atoms with Crippen LogP contribution < -0.4 is 4.74 Å². The molecule has 98 valence electrons. The Bertz CT molecular complexity index is 601. The minimum absolute atomic E-state index is 0.860. The van der Waals surface area contributed by atoms with E-state index < -0.39 is 0 Å². The predicted octanol–water partition coefficient (Wildman–Crippen LogP) is 3.58. The van der Waals surface area contributed by atoms with Crippen LogP contribution >= 0.6 is 0 Å². The van der Waals surface area contributed by atoms with Gasteiger partial charge in [0, 0.05) is 0 Å². The van der Waals surface area contributed by atoms with Crippen molar-refractivity contribution in [1.82, 2.24) is 9.97 Å². The molecule has 3 nitrogen and oxygen atoms in total. The van der Waals surface area contributed by atoms with Crippen LogP contribution in [0.1, 0.15) is 28.3 Å². The Labute approximate surface area is 114 Å². The fraction of sp³-hybridized carbons (Fsp3) is 0.250. The lowest BCUT2D eigenvalue weighted by Gasteiger charge is -2.04. The third kappa shape index (κ3) is 3.19. The summed E-state index contributed by atoms with van der Waals surface area (Å²) < 4.78 is 5.13. The van der Waals surface area contributed by atoms with Gasteiger partial charge in [0.25, 0.3) is 0 Å². The number of hydrogen-bond donors (Lipinski definition) is 0. The Balaban J connectivity index is 2.24. The zero-order chi connectivity index (χ0) is 13.8. The van der Waals surface area contributed by atoms with E-state index in [0.29, 0.717) is 0 Å². The van der Waals surface area contributed by atoms with Crippen molar-refractivity contribution in [1.29, 1.82) is 0 Å². The highest BCUT2D eigenvalue weighted by molar-refractivity contribution is 5.69. The molecule has 1 heterocycles. The monoisotopic (exact) mass is 254 g/mol. The minimum atomic E-state index is 0.860. The molecule has 0 amide bonds. The number of rotatable bonds is 3. The third-order valence-corrected chi connectivity index (χ3v) is 3.07. The molecule has 0 saturated heterocycles. The van der Waals surface area contributed by atoms with Gasteiger partial charge in [-0.15, -0.1) is 0 Å². The van der Waals surface area contributed by atoms with Crippen LogP contribution in [0, 0.1) is 20.8 Å². The summed E-state index contributed by atoms with van der Waals surface area (Å²) in [5.74, 6) is 0.860. The number of hydrogen-bond acceptors (Lipinski definition) is 3. The summed E-state index contributed by atoms with van der Waals surface area (Å²) in [4.78, 5) is 9.03. The number of ether oxygens (including phenoxy) is 1. The molecule has 0 aliphatic carbocycles. The molecule has 1 aromatic heterocycles. The first-order chi connectivity index (χ1) is 9.10. The Morgan fingerprint density at radius 2 is 1.47 bits per heavy atom. The van der Waals surface area contributed by atoms with Crippen molar-refractivity contribution in [3.05, 3.63) is 52.6 Å². The SMILES string of the molecule is COc1ccc(/C=C/c2nc(C)c(C)nc2C)cc1. The summed E-state index contributed by atoms with van der Waals surface area (Å²) in [5, 5.41) is 0. The van der Waals surface area contributed by atoms with Crippen LogP contribution in [0.4, 0.5) is 0 Å². The van der Waals surface area contributed by atoms with Crippen molar-refractivity contribution >= 4 is 12.2 Å². The maximum Gasteiger partial charge on any atom is 0.118 e. The highest BCUT2D eigenvalue weighted by Crippen LogP contribution is 2.15. The Morgan fingerprint density at radius 3 is 2.11 bits per heavy atom. The molecule has 1 aromatic carbocycles. The van der Waals surface area contributed by atoms with Gasteiger partial charge in [0.15, 0.2) is 0 Å². The smallest absolute Gasteiger partial charge is 0.118 e. The van der Waals surface area contributed by atoms with E-state index in [1.54, 1.807) is 7.11 Å². The molecular formula is C16H18N2O. The van der Waals surface area contributed by atoms with Crippen molar-refractivity contribution in [2.75, 3.05) is 7.11 Å². The normalized spacial score (nSPS) is 10.9. The molecule has 0 aliphatic heterocycles. The summed E-state index contributed by atoms with van der Waals surface area (Å²) in [6.07, 6.45) is 4.03. The van der Waals surface area contributed by atoms with E-state index in [1.165, 1.54) is 0 Å². The fourth-order valence-corrected chi connectivity index (χ4v) is 1.78. The van der Waals surface area contributed by atoms with E-state index in [4.69, 9.17) is 4.74 Å². The molecule has 0 saturated carbocycles. The number of nitrogens with zero attached hydrogens (tertiary/aromatic N) is 2. The van der Waals surface area contributed by atoms with E-state index in [1.807, 2.05) is 57.2 Å². The van der Waals surface area contributed by atoms with Crippen LogP contribution in [0.2, 0.25) is 0 Å². The van der Waals surface area contributed by atoms with Crippen molar-refractivity contribution in [3.63, 3.8) is 0 Å². The topological polar surface area (TPSA) is 35.0 Å². The number of benzene rings is 1.